The molecule has 60 valence electrons. The summed E-state index contributed by atoms with van der Waals surface area (Å²) >= 11 is 2.09. The van der Waals surface area contributed by atoms with Crippen molar-refractivity contribution in [1.29, 1.82) is 0 Å². The summed E-state index contributed by atoms with van der Waals surface area (Å²) in [7, 11) is 0. The predicted octanol–water partition coefficient (Wildman–Crippen LogP) is 0.480. The van der Waals surface area contributed by atoms with Crippen LogP contribution in [-0.4, -0.2) is 11.1 Å². The molecule has 1 aromatic heterocycles. The van der Waals surface area contributed by atoms with E-state index in [4.69, 9.17) is 5.84 Å². The van der Waals surface area contributed by atoms with Crippen molar-refractivity contribution in [2.75, 3.05) is 5.84 Å². The van der Waals surface area contributed by atoms with Crippen LogP contribution in [0.1, 0.15) is 5.69 Å². The molecular weight excluding hydrogens is 259 g/mol. The molecule has 0 spiro atoms. The van der Waals surface area contributed by atoms with Gasteiger partial charge in [0.2, 0.25) is 0 Å². The zero-order chi connectivity index (χ0) is 8.27. The molecule has 0 aromatic carbocycles. The van der Waals surface area contributed by atoms with Gasteiger partial charge in [-0.2, -0.15) is 0 Å². The fourth-order valence-electron chi connectivity index (χ4n) is 0.700. The van der Waals surface area contributed by atoms with Gasteiger partial charge in [0.1, 0.15) is 10.3 Å². The lowest BCUT2D eigenvalue weighted by Gasteiger charge is -2.01. The Morgan fingerprint density at radius 2 is 2.45 bits per heavy atom. The summed E-state index contributed by atoms with van der Waals surface area (Å²) in [5, 5.41) is 0. The monoisotopic (exact) mass is 266 g/mol. The highest BCUT2D eigenvalue weighted by Gasteiger charge is 2.01. The zero-order valence-corrected chi connectivity index (χ0v) is 7.82. The molecule has 1 heterocycles. The fraction of sp³-hybridized carbons (Fsp3) is 0.167. The number of nitrogens with two attached hydrogens (primary N) is 1. The van der Waals surface area contributed by atoms with Crippen LogP contribution in [0.4, 0.5) is 0 Å². The molecule has 0 radical (unpaired) electrons. The third kappa shape index (κ3) is 1.86. The van der Waals surface area contributed by atoms with Gasteiger partial charge in [-0.05, 0) is 34.7 Å². The van der Waals surface area contributed by atoms with Gasteiger partial charge in [0.05, 0.1) is 5.69 Å². The van der Waals surface area contributed by atoms with Gasteiger partial charge in [-0.25, -0.2) is 0 Å². The Hall–Kier alpha value is -0.720. The smallest absolute Gasteiger partial charge is 0.293 e. The maximum absolute atomic E-state index is 9.82. The van der Waals surface area contributed by atoms with E-state index in [0.717, 1.165) is 9.39 Å². The SMILES string of the molecule is Nn1c(I)ccc1COC=O. The Morgan fingerprint density at radius 3 is 2.91 bits per heavy atom. The van der Waals surface area contributed by atoms with Crippen LogP contribution < -0.4 is 5.84 Å². The number of nitrogens with zero attached hydrogens (tertiary/aromatic N) is 1. The maximum Gasteiger partial charge on any atom is 0.293 e. The molecule has 1 aromatic rings. The number of hydrogen-bond acceptors (Lipinski definition) is 3. The lowest BCUT2D eigenvalue weighted by Crippen LogP contribution is -2.14. The second-order valence-corrected chi connectivity index (χ2v) is 3.03. The van der Waals surface area contributed by atoms with Crippen LogP contribution in [0.25, 0.3) is 0 Å². The van der Waals surface area contributed by atoms with E-state index in [1.54, 1.807) is 0 Å². The number of carbonyl (C=O) groups excluding carboxylic acids is 1. The van der Waals surface area contributed by atoms with Gasteiger partial charge in [0.15, 0.2) is 0 Å². The van der Waals surface area contributed by atoms with Crippen molar-refractivity contribution in [3.63, 3.8) is 0 Å². The normalized spacial score (nSPS) is 9.55. The molecule has 0 unspecified atom stereocenters. The molecule has 5 heteroatoms. The molecule has 0 aliphatic heterocycles. The number of halogens is 1. The maximum atomic E-state index is 9.82. The molecule has 4 nitrogen and oxygen atoms in total. The van der Waals surface area contributed by atoms with E-state index in [1.807, 2.05) is 12.1 Å². The van der Waals surface area contributed by atoms with Gasteiger partial charge in [-0.15, -0.1) is 0 Å². The Balaban J connectivity index is 2.70. The first-order valence-corrected chi connectivity index (χ1v) is 4.00. The minimum absolute atomic E-state index is 0.225. The van der Waals surface area contributed by atoms with Crippen molar-refractivity contribution >= 4 is 29.1 Å². The highest BCUT2D eigenvalue weighted by Crippen LogP contribution is 2.08. The van der Waals surface area contributed by atoms with Gasteiger partial charge < -0.3 is 10.6 Å². The number of rotatable bonds is 3. The summed E-state index contributed by atoms with van der Waals surface area (Å²) in [4.78, 5) is 9.82. The van der Waals surface area contributed by atoms with Gasteiger partial charge in [0.25, 0.3) is 6.47 Å². The molecule has 0 saturated carbocycles. The number of carbonyl (C=O) groups is 1. The van der Waals surface area contributed by atoms with Crippen molar-refractivity contribution in [1.82, 2.24) is 4.68 Å². The van der Waals surface area contributed by atoms with Crippen LogP contribution in [0, 0.1) is 3.70 Å². The molecular formula is C6H7IN2O2. The Kier molecular flexibility index (Phi) is 2.75. The van der Waals surface area contributed by atoms with E-state index in [-0.39, 0.29) is 6.61 Å². The van der Waals surface area contributed by atoms with Gasteiger partial charge in [0, 0.05) is 0 Å². The van der Waals surface area contributed by atoms with Crippen LogP contribution in [0.15, 0.2) is 12.1 Å². The summed E-state index contributed by atoms with van der Waals surface area (Å²) in [5.74, 6) is 5.56. The molecule has 0 aliphatic carbocycles. The number of aromatic nitrogens is 1. The van der Waals surface area contributed by atoms with Gasteiger partial charge in [-0.3, -0.25) is 9.47 Å². The zero-order valence-electron chi connectivity index (χ0n) is 5.66. The van der Waals surface area contributed by atoms with E-state index in [0.29, 0.717) is 6.47 Å². The Labute approximate surface area is 77.4 Å². The lowest BCUT2D eigenvalue weighted by molar-refractivity contribution is -0.129. The van der Waals surface area contributed by atoms with Crippen LogP contribution >= 0.6 is 22.6 Å². The molecule has 0 atom stereocenters. The average molecular weight is 266 g/mol. The minimum Gasteiger partial charge on any atom is -0.461 e. The summed E-state index contributed by atoms with van der Waals surface area (Å²) in [6, 6.07) is 3.66. The molecule has 0 aliphatic rings. The van der Waals surface area contributed by atoms with Crippen molar-refractivity contribution in [3.8, 4) is 0 Å². The summed E-state index contributed by atoms with van der Waals surface area (Å²) in [6.07, 6.45) is 0. The number of ether oxygens (including phenoxy) is 1. The number of nitrogen functional groups attached to an aromatic ring is 1. The second-order valence-electron chi connectivity index (χ2n) is 1.92. The Morgan fingerprint density at radius 1 is 1.73 bits per heavy atom. The first-order chi connectivity index (χ1) is 5.25. The molecule has 0 fully saturated rings. The topological polar surface area (TPSA) is 57.2 Å². The molecule has 0 bridgehead atoms. The van der Waals surface area contributed by atoms with Crippen LogP contribution in [0.2, 0.25) is 0 Å². The van der Waals surface area contributed by atoms with Gasteiger partial charge >= 0.3 is 0 Å². The molecule has 2 N–H and O–H groups in total. The van der Waals surface area contributed by atoms with Crippen LogP contribution in [-0.2, 0) is 16.1 Å². The minimum atomic E-state index is 0.225. The predicted molar refractivity (Wildman–Crippen MR) is 48.2 cm³/mol. The highest BCUT2D eigenvalue weighted by atomic mass is 127. The lowest BCUT2D eigenvalue weighted by atomic mass is 10.5. The molecule has 1 rings (SSSR count). The Bertz CT molecular complexity index is 259. The number of hydrogen-bond donors (Lipinski definition) is 1. The van der Waals surface area contributed by atoms with E-state index < -0.39 is 0 Å². The quantitative estimate of drug-likeness (QED) is 0.492. The standard InChI is InChI=1S/C6H7IN2O2/c7-6-2-1-5(9(6)8)3-11-4-10/h1-2,4H,3,8H2. The second kappa shape index (κ2) is 3.61. The van der Waals surface area contributed by atoms with E-state index in [2.05, 4.69) is 27.3 Å². The molecule has 0 amide bonds. The van der Waals surface area contributed by atoms with Gasteiger partial charge in [-0.1, -0.05) is 0 Å². The van der Waals surface area contributed by atoms with Crippen molar-refractivity contribution in [2.45, 2.75) is 6.61 Å². The van der Waals surface area contributed by atoms with Crippen molar-refractivity contribution in [3.05, 3.63) is 21.5 Å². The largest absolute Gasteiger partial charge is 0.461 e. The van der Waals surface area contributed by atoms with Crippen molar-refractivity contribution in [2.24, 2.45) is 0 Å². The van der Waals surface area contributed by atoms with Crippen LogP contribution in [0.5, 0.6) is 0 Å². The highest BCUT2D eigenvalue weighted by molar-refractivity contribution is 14.1. The third-order valence-electron chi connectivity index (χ3n) is 1.25. The molecule has 0 saturated heterocycles. The molecule has 11 heavy (non-hydrogen) atoms. The summed E-state index contributed by atoms with van der Waals surface area (Å²) in [5.41, 5.74) is 0.779. The van der Waals surface area contributed by atoms with Crippen molar-refractivity contribution < 1.29 is 9.53 Å². The van der Waals surface area contributed by atoms with Crippen LogP contribution in [0.3, 0.4) is 0 Å². The third-order valence-corrected chi connectivity index (χ3v) is 2.13. The van der Waals surface area contributed by atoms with E-state index in [1.165, 1.54) is 4.68 Å². The first kappa shape index (κ1) is 8.38. The summed E-state index contributed by atoms with van der Waals surface area (Å²) in [6.45, 7) is 0.628. The van der Waals surface area contributed by atoms with E-state index in [9.17, 15) is 4.79 Å². The summed E-state index contributed by atoms with van der Waals surface area (Å²) < 4.78 is 6.91. The first-order valence-electron chi connectivity index (χ1n) is 2.92. The fourth-order valence-corrected chi connectivity index (χ4v) is 1.19. The average Bonchev–Trinajstić information content (AvgIpc) is 2.31. The van der Waals surface area contributed by atoms with E-state index >= 15 is 0 Å².